The summed E-state index contributed by atoms with van der Waals surface area (Å²) in [5, 5.41) is 9.86. The van der Waals surface area contributed by atoms with Crippen LogP contribution < -0.4 is 0 Å². The van der Waals surface area contributed by atoms with E-state index in [0.717, 1.165) is 0 Å². The number of phenolic OH excluding ortho intramolecular Hbond substituents is 1. The van der Waals surface area contributed by atoms with Crippen molar-refractivity contribution in [2.45, 2.75) is 0 Å². The first-order valence-electron chi connectivity index (χ1n) is 4.23. The number of carbonyl (C=O) groups excluding carboxylic acids is 1. The lowest BCUT2D eigenvalue weighted by molar-refractivity contribution is 0.0809. The number of halogens is 1. The third-order valence-corrected chi connectivity index (χ3v) is 2.10. The highest BCUT2D eigenvalue weighted by Gasteiger charge is 2.15. The molecule has 0 saturated carbocycles. The summed E-state index contributed by atoms with van der Waals surface area (Å²) in [5.74, 6) is 1.89. The molecule has 15 heavy (non-hydrogen) atoms. The average Bonchev–Trinajstić information content (AvgIpc) is 2.21. The number of phenols is 1. The maximum absolute atomic E-state index is 11.7. The number of rotatable bonds is 2. The highest BCUT2D eigenvalue weighted by atomic mass is 35.5. The zero-order valence-corrected chi connectivity index (χ0v) is 8.95. The van der Waals surface area contributed by atoms with Gasteiger partial charge >= 0.3 is 0 Å². The van der Waals surface area contributed by atoms with Gasteiger partial charge in [-0.05, 0) is 18.2 Å². The van der Waals surface area contributed by atoms with Gasteiger partial charge in [-0.25, -0.2) is 0 Å². The molecule has 78 valence electrons. The van der Waals surface area contributed by atoms with E-state index in [0.29, 0.717) is 5.02 Å². The predicted molar refractivity (Wildman–Crippen MR) is 58.9 cm³/mol. The molecule has 0 heterocycles. The van der Waals surface area contributed by atoms with Crippen molar-refractivity contribution in [3.05, 3.63) is 28.8 Å². The van der Waals surface area contributed by atoms with E-state index in [4.69, 9.17) is 18.0 Å². The number of carbonyl (C=O) groups is 1. The van der Waals surface area contributed by atoms with E-state index in [1.165, 1.54) is 23.1 Å². The molecule has 1 amide bonds. The second kappa shape index (κ2) is 4.72. The van der Waals surface area contributed by atoms with Gasteiger partial charge in [-0.1, -0.05) is 17.5 Å². The third-order valence-electron chi connectivity index (χ3n) is 1.86. The van der Waals surface area contributed by atoms with Crippen LogP contribution in [0.5, 0.6) is 5.75 Å². The first-order chi connectivity index (χ1) is 7.06. The van der Waals surface area contributed by atoms with Crippen LogP contribution in [0.3, 0.4) is 0 Å². The second-order valence-electron chi connectivity index (χ2n) is 3.03. The lowest BCUT2D eigenvalue weighted by Crippen LogP contribution is -2.26. The molecular weight excluding hydrogens is 214 g/mol. The Balaban J connectivity index is 3.01. The minimum absolute atomic E-state index is 0.103. The van der Waals surface area contributed by atoms with Gasteiger partial charge < -0.3 is 10.0 Å². The highest BCUT2D eigenvalue weighted by molar-refractivity contribution is 6.31. The molecule has 0 aliphatic carbocycles. The summed E-state index contributed by atoms with van der Waals surface area (Å²) in [6.45, 7) is 0.185. The molecule has 0 fully saturated rings. The van der Waals surface area contributed by atoms with Gasteiger partial charge in [0.05, 0.1) is 12.1 Å². The van der Waals surface area contributed by atoms with Crippen LogP contribution in [0.4, 0.5) is 0 Å². The van der Waals surface area contributed by atoms with Crippen molar-refractivity contribution in [2.24, 2.45) is 0 Å². The Morgan fingerprint density at radius 2 is 2.33 bits per heavy atom. The normalized spacial score (nSPS) is 9.40. The van der Waals surface area contributed by atoms with Crippen molar-refractivity contribution in [3.63, 3.8) is 0 Å². The monoisotopic (exact) mass is 223 g/mol. The van der Waals surface area contributed by atoms with Gasteiger partial charge in [0.2, 0.25) is 0 Å². The Morgan fingerprint density at radius 1 is 1.67 bits per heavy atom. The van der Waals surface area contributed by atoms with Crippen LogP contribution in [-0.4, -0.2) is 29.5 Å². The van der Waals surface area contributed by atoms with E-state index in [2.05, 4.69) is 5.92 Å². The first-order valence-corrected chi connectivity index (χ1v) is 4.61. The van der Waals surface area contributed by atoms with Crippen molar-refractivity contribution < 1.29 is 9.90 Å². The molecule has 0 radical (unpaired) electrons. The Bertz CT molecular complexity index is 423. The molecule has 0 bridgehead atoms. The molecule has 0 spiro atoms. The van der Waals surface area contributed by atoms with Crippen LogP contribution in [0.2, 0.25) is 5.02 Å². The van der Waals surface area contributed by atoms with Crippen LogP contribution in [0.15, 0.2) is 18.2 Å². The molecule has 0 saturated heterocycles. The largest absolute Gasteiger partial charge is 0.507 e. The number of nitrogens with zero attached hydrogens (tertiary/aromatic N) is 1. The third kappa shape index (κ3) is 2.64. The zero-order chi connectivity index (χ0) is 11.4. The summed E-state index contributed by atoms with van der Waals surface area (Å²) in [7, 11) is 1.56. The fraction of sp³-hybridized carbons (Fsp3) is 0.182. The van der Waals surface area contributed by atoms with Crippen molar-refractivity contribution >= 4 is 17.5 Å². The number of hydrogen-bond donors (Lipinski definition) is 1. The summed E-state index contributed by atoms with van der Waals surface area (Å²) >= 11 is 5.72. The average molecular weight is 224 g/mol. The molecule has 1 aromatic rings. The van der Waals surface area contributed by atoms with E-state index in [1.807, 2.05) is 0 Å². The predicted octanol–water partition coefficient (Wildman–Crippen LogP) is 1.75. The maximum Gasteiger partial charge on any atom is 0.258 e. The van der Waals surface area contributed by atoms with Crippen LogP contribution in [0.25, 0.3) is 0 Å². The number of benzene rings is 1. The summed E-state index contributed by atoms with van der Waals surface area (Å²) in [5.41, 5.74) is 0.153. The molecule has 0 atom stereocenters. The lowest BCUT2D eigenvalue weighted by Gasteiger charge is -2.14. The summed E-state index contributed by atoms with van der Waals surface area (Å²) < 4.78 is 0. The van der Waals surface area contributed by atoms with Gasteiger partial charge in [-0.2, -0.15) is 0 Å². The maximum atomic E-state index is 11.7. The van der Waals surface area contributed by atoms with Crippen LogP contribution in [0, 0.1) is 12.3 Å². The van der Waals surface area contributed by atoms with Crippen LogP contribution in [0.1, 0.15) is 10.4 Å². The van der Waals surface area contributed by atoms with Gasteiger partial charge in [0, 0.05) is 12.1 Å². The van der Waals surface area contributed by atoms with Crippen LogP contribution in [-0.2, 0) is 0 Å². The van der Waals surface area contributed by atoms with Gasteiger partial charge in [0.15, 0.2) is 0 Å². The summed E-state index contributed by atoms with van der Waals surface area (Å²) in [6.07, 6.45) is 5.08. The Morgan fingerprint density at radius 3 is 2.93 bits per heavy atom. The van der Waals surface area contributed by atoms with Crippen molar-refractivity contribution in [2.75, 3.05) is 13.6 Å². The van der Waals surface area contributed by atoms with Gasteiger partial charge in [-0.3, -0.25) is 4.79 Å². The van der Waals surface area contributed by atoms with Gasteiger partial charge in [0.25, 0.3) is 5.91 Å². The minimum Gasteiger partial charge on any atom is -0.507 e. The molecule has 1 rings (SSSR count). The SMILES string of the molecule is C#CCN(C)C(=O)c1cc(Cl)ccc1O. The Labute approximate surface area is 93.3 Å². The summed E-state index contributed by atoms with van der Waals surface area (Å²) in [6, 6.07) is 4.29. The number of terminal acetylenes is 1. The quantitative estimate of drug-likeness (QED) is 0.776. The fourth-order valence-corrected chi connectivity index (χ4v) is 1.27. The number of hydrogen-bond acceptors (Lipinski definition) is 2. The highest BCUT2D eigenvalue weighted by Crippen LogP contribution is 2.22. The molecule has 0 aliphatic heterocycles. The molecule has 0 aromatic heterocycles. The molecule has 3 nitrogen and oxygen atoms in total. The van der Waals surface area contributed by atoms with Crippen LogP contribution >= 0.6 is 11.6 Å². The van der Waals surface area contributed by atoms with Gasteiger partial charge in [-0.15, -0.1) is 6.42 Å². The van der Waals surface area contributed by atoms with E-state index in [1.54, 1.807) is 7.05 Å². The van der Waals surface area contributed by atoms with E-state index in [9.17, 15) is 9.90 Å². The van der Waals surface area contributed by atoms with E-state index in [-0.39, 0.29) is 23.8 Å². The number of amides is 1. The Kier molecular flexibility index (Phi) is 3.59. The van der Waals surface area contributed by atoms with Crippen molar-refractivity contribution in [1.29, 1.82) is 0 Å². The Hall–Kier alpha value is -1.66. The standard InChI is InChI=1S/C11H10ClNO2/c1-3-6-13(2)11(15)9-7-8(12)4-5-10(9)14/h1,4-5,7,14H,6H2,2H3. The lowest BCUT2D eigenvalue weighted by atomic mass is 10.2. The minimum atomic E-state index is -0.354. The topological polar surface area (TPSA) is 40.5 Å². The molecule has 1 aromatic carbocycles. The zero-order valence-electron chi connectivity index (χ0n) is 8.20. The smallest absolute Gasteiger partial charge is 0.258 e. The fourth-order valence-electron chi connectivity index (χ4n) is 1.09. The van der Waals surface area contributed by atoms with Crippen molar-refractivity contribution in [1.82, 2.24) is 4.90 Å². The van der Waals surface area contributed by atoms with Crippen molar-refractivity contribution in [3.8, 4) is 18.1 Å². The summed E-state index contributed by atoms with van der Waals surface area (Å²) in [4.78, 5) is 13.0. The molecule has 4 heteroatoms. The van der Waals surface area contributed by atoms with E-state index < -0.39 is 0 Å². The van der Waals surface area contributed by atoms with E-state index >= 15 is 0 Å². The first kappa shape index (κ1) is 11.4. The number of aromatic hydroxyl groups is 1. The van der Waals surface area contributed by atoms with Gasteiger partial charge in [0.1, 0.15) is 5.75 Å². The second-order valence-corrected chi connectivity index (χ2v) is 3.46. The molecular formula is C11H10ClNO2. The molecule has 0 unspecified atom stereocenters. The molecule has 0 aliphatic rings. The molecule has 1 N–H and O–H groups in total.